The second kappa shape index (κ2) is 8.17. The molecule has 0 bridgehead atoms. The van der Waals surface area contributed by atoms with Crippen molar-refractivity contribution in [2.75, 3.05) is 0 Å². The van der Waals surface area contributed by atoms with Crippen molar-refractivity contribution in [2.24, 2.45) is 0 Å². The SMILES string of the molecule is c1cc[nH]c1.c1cn[nH]n1.c1nc[nH]n1. The number of rotatable bonds is 0. The average Bonchev–Trinajstić information content (AvgIpc) is 3.09. The molecule has 0 aliphatic rings. The lowest BCUT2D eigenvalue weighted by atomic mass is 10.7. The van der Waals surface area contributed by atoms with E-state index in [1.165, 1.54) is 12.7 Å². The second-order valence-electron chi connectivity index (χ2n) is 2.19. The van der Waals surface area contributed by atoms with Crippen molar-refractivity contribution >= 4 is 0 Å². The fraction of sp³-hybridized carbons (Fsp3) is 0. The number of nitrogens with zero attached hydrogens (tertiary/aromatic N) is 4. The van der Waals surface area contributed by atoms with Crippen LogP contribution in [0, 0.1) is 0 Å². The molecular weight excluding hydrogens is 194 g/mol. The van der Waals surface area contributed by atoms with E-state index >= 15 is 0 Å². The molecule has 0 spiro atoms. The second-order valence-corrected chi connectivity index (χ2v) is 2.19. The largest absolute Gasteiger partial charge is 0.368 e. The van der Waals surface area contributed by atoms with Gasteiger partial charge in [-0.05, 0) is 12.1 Å². The van der Waals surface area contributed by atoms with Crippen LogP contribution in [0.4, 0.5) is 0 Å². The summed E-state index contributed by atoms with van der Waals surface area (Å²) in [6, 6.07) is 3.89. The first kappa shape index (κ1) is 10.6. The van der Waals surface area contributed by atoms with Crippen LogP contribution in [0.15, 0.2) is 49.6 Å². The Morgan fingerprint density at radius 2 is 1.60 bits per heavy atom. The highest BCUT2D eigenvalue weighted by atomic mass is 15.3. The lowest BCUT2D eigenvalue weighted by molar-refractivity contribution is 0.940. The van der Waals surface area contributed by atoms with Crippen LogP contribution in [-0.2, 0) is 0 Å². The molecule has 0 aliphatic heterocycles. The fourth-order valence-electron chi connectivity index (χ4n) is 0.611. The summed E-state index contributed by atoms with van der Waals surface area (Å²) in [4.78, 5) is 6.42. The molecule has 0 radical (unpaired) electrons. The molecule has 0 aromatic carbocycles. The monoisotopic (exact) mass is 205 g/mol. The molecule has 78 valence electrons. The zero-order chi connectivity index (χ0) is 10.6. The smallest absolute Gasteiger partial charge is 0.137 e. The predicted octanol–water partition coefficient (Wildman–Crippen LogP) is 0.624. The van der Waals surface area contributed by atoms with Crippen molar-refractivity contribution in [3.63, 3.8) is 0 Å². The predicted molar refractivity (Wildman–Crippen MR) is 53.6 cm³/mol. The van der Waals surface area contributed by atoms with Crippen molar-refractivity contribution in [2.45, 2.75) is 0 Å². The van der Waals surface area contributed by atoms with E-state index in [4.69, 9.17) is 0 Å². The summed E-state index contributed by atoms with van der Waals surface area (Å²) in [5, 5.41) is 15.3. The molecule has 0 saturated carbocycles. The number of hydrogen-bond acceptors (Lipinski definition) is 4. The van der Waals surface area contributed by atoms with Crippen LogP contribution < -0.4 is 0 Å². The van der Waals surface area contributed by atoms with Gasteiger partial charge in [-0.3, -0.25) is 5.10 Å². The first-order valence-corrected chi connectivity index (χ1v) is 4.16. The van der Waals surface area contributed by atoms with E-state index in [-0.39, 0.29) is 0 Å². The molecule has 0 amide bonds. The maximum Gasteiger partial charge on any atom is 0.137 e. The topological polar surface area (TPSA) is 98.9 Å². The number of H-pyrrole nitrogens is 3. The molecule has 15 heavy (non-hydrogen) atoms. The van der Waals surface area contributed by atoms with Gasteiger partial charge in [-0.1, -0.05) is 0 Å². The third-order valence-electron chi connectivity index (χ3n) is 1.16. The molecule has 0 fully saturated rings. The number of nitrogens with one attached hydrogen (secondary N) is 3. The Morgan fingerprint density at radius 1 is 0.867 bits per heavy atom. The van der Waals surface area contributed by atoms with Crippen molar-refractivity contribution < 1.29 is 0 Å². The Kier molecular flexibility index (Phi) is 5.80. The van der Waals surface area contributed by atoms with Gasteiger partial charge in [-0.2, -0.15) is 20.5 Å². The quantitative estimate of drug-likeness (QED) is 0.501. The maximum absolute atomic E-state index is 3.56. The summed E-state index contributed by atoms with van der Waals surface area (Å²) in [5.41, 5.74) is 0. The average molecular weight is 205 g/mol. The van der Waals surface area contributed by atoms with Crippen molar-refractivity contribution in [1.82, 2.24) is 35.6 Å². The molecule has 3 N–H and O–H groups in total. The van der Waals surface area contributed by atoms with Crippen molar-refractivity contribution in [1.29, 1.82) is 0 Å². The number of aromatic nitrogens is 7. The van der Waals surface area contributed by atoms with Gasteiger partial charge < -0.3 is 4.98 Å². The third-order valence-corrected chi connectivity index (χ3v) is 1.16. The zero-order valence-corrected chi connectivity index (χ0v) is 7.91. The molecule has 3 aromatic heterocycles. The molecule has 0 atom stereocenters. The van der Waals surface area contributed by atoms with Gasteiger partial charge in [0.05, 0.1) is 12.4 Å². The summed E-state index contributed by atoms with van der Waals surface area (Å²) in [7, 11) is 0. The van der Waals surface area contributed by atoms with Crippen LogP contribution in [0.2, 0.25) is 0 Å². The van der Waals surface area contributed by atoms with Gasteiger partial charge in [0.15, 0.2) is 0 Å². The molecule has 7 heteroatoms. The Balaban J connectivity index is 0.000000112. The summed E-state index contributed by atoms with van der Waals surface area (Å²) in [6.45, 7) is 0. The van der Waals surface area contributed by atoms with Crippen LogP contribution in [0.25, 0.3) is 0 Å². The van der Waals surface area contributed by atoms with E-state index in [9.17, 15) is 0 Å². The minimum absolute atomic E-state index is 1.44. The molecule has 0 saturated heterocycles. The van der Waals surface area contributed by atoms with Crippen LogP contribution >= 0.6 is 0 Å². The lowest BCUT2D eigenvalue weighted by Crippen LogP contribution is -1.61. The van der Waals surface area contributed by atoms with E-state index in [2.05, 4.69) is 35.6 Å². The van der Waals surface area contributed by atoms with Gasteiger partial charge in [0, 0.05) is 12.4 Å². The van der Waals surface area contributed by atoms with E-state index in [0.29, 0.717) is 0 Å². The number of aromatic amines is 3. The highest BCUT2D eigenvalue weighted by molar-refractivity contribution is 4.84. The fourth-order valence-corrected chi connectivity index (χ4v) is 0.611. The Labute approximate surface area is 86.0 Å². The summed E-state index contributed by atoms with van der Waals surface area (Å²) in [5.74, 6) is 0. The molecule has 3 aromatic rings. The van der Waals surface area contributed by atoms with Gasteiger partial charge in [0.2, 0.25) is 0 Å². The zero-order valence-electron chi connectivity index (χ0n) is 7.91. The molecule has 0 unspecified atom stereocenters. The van der Waals surface area contributed by atoms with Crippen molar-refractivity contribution in [3.8, 4) is 0 Å². The van der Waals surface area contributed by atoms with E-state index < -0.39 is 0 Å². The van der Waals surface area contributed by atoms with E-state index in [1.807, 2.05) is 24.5 Å². The first-order valence-electron chi connectivity index (χ1n) is 4.16. The van der Waals surface area contributed by atoms with E-state index in [0.717, 1.165) is 0 Å². The molecule has 3 rings (SSSR count). The minimum Gasteiger partial charge on any atom is -0.368 e. The standard InChI is InChI=1S/C4H5N.2C2H3N3/c1-2-4-5-3-1;1-3-2-5-4-1;1-2-4-5-3-1/h1-5H;2*1-2H,(H,3,4,5). The van der Waals surface area contributed by atoms with Gasteiger partial charge >= 0.3 is 0 Å². The Hall–Kier alpha value is -2.44. The third kappa shape index (κ3) is 6.70. The Morgan fingerprint density at radius 3 is 1.80 bits per heavy atom. The van der Waals surface area contributed by atoms with Crippen LogP contribution in [0.3, 0.4) is 0 Å². The summed E-state index contributed by atoms with van der Waals surface area (Å²) >= 11 is 0. The van der Waals surface area contributed by atoms with Crippen LogP contribution in [0.5, 0.6) is 0 Å². The lowest BCUT2D eigenvalue weighted by Gasteiger charge is -1.49. The normalized spacial score (nSPS) is 8.00. The van der Waals surface area contributed by atoms with Gasteiger partial charge in [0.25, 0.3) is 0 Å². The molecule has 7 nitrogen and oxygen atoms in total. The summed E-state index contributed by atoms with van der Waals surface area (Å²) in [6.07, 6.45) is 9.88. The number of hydrogen-bond donors (Lipinski definition) is 3. The van der Waals surface area contributed by atoms with Crippen molar-refractivity contribution in [3.05, 3.63) is 49.6 Å². The molecule has 3 heterocycles. The minimum atomic E-state index is 1.44. The van der Waals surface area contributed by atoms with Gasteiger partial charge in [-0.25, -0.2) is 4.98 Å². The molecule has 0 aliphatic carbocycles. The van der Waals surface area contributed by atoms with Crippen LogP contribution in [-0.4, -0.2) is 35.6 Å². The first-order chi connectivity index (χ1) is 7.50. The van der Waals surface area contributed by atoms with Crippen LogP contribution in [0.1, 0.15) is 0 Å². The highest BCUT2D eigenvalue weighted by Crippen LogP contribution is 1.72. The van der Waals surface area contributed by atoms with Gasteiger partial charge in [0.1, 0.15) is 12.7 Å². The highest BCUT2D eigenvalue weighted by Gasteiger charge is 1.58. The summed E-state index contributed by atoms with van der Waals surface area (Å²) < 4.78 is 0. The maximum atomic E-state index is 3.56. The Bertz CT molecular complexity index is 247. The van der Waals surface area contributed by atoms with E-state index in [1.54, 1.807) is 12.4 Å². The molecular formula is C8H11N7. The van der Waals surface area contributed by atoms with Gasteiger partial charge in [-0.15, -0.1) is 0 Å².